The molecule has 2 aromatic carbocycles. The molecule has 0 unspecified atom stereocenters. The molecular formula is C32H26F6N4O3. The van der Waals surface area contributed by atoms with Crippen LogP contribution < -0.4 is 5.56 Å². The molecule has 4 aromatic rings. The van der Waals surface area contributed by atoms with Crippen molar-refractivity contribution in [1.82, 2.24) is 19.9 Å². The van der Waals surface area contributed by atoms with Crippen LogP contribution in [0.3, 0.4) is 0 Å². The molecule has 13 heteroatoms. The number of aryl methyl sites for hydroxylation is 1. The fourth-order valence-electron chi connectivity index (χ4n) is 5.75. The van der Waals surface area contributed by atoms with E-state index in [4.69, 9.17) is 4.98 Å². The third-order valence-corrected chi connectivity index (χ3v) is 8.37. The normalized spacial score (nSPS) is 16.9. The molecule has 2 N–H and O–H groups in total. The van der Waals surface area contributed by atoms with Gasteiger partial charge in [-0.3, -0.25) is 14.6 Å². The van der Waals surface area contributed by atoms with Gasteiger partial charge in [0.1, 0.15) is 11.5 Å². The Hall–Kier alpha value is -4.52. The van der Waals surface area contributed by atoms with Crippen molar-refractivity contribution in [3.8, 4) is 11.1 Å². The molecule has 7 nitrogen and oxygen atoms in total. The summed E-state index contributed by atoms with van der Waals surface area (Å²) in [4.78, 5) is 39.0. The number of nitrogens with zero attached hydrogens (tertiary/aromatic N) is 3. The Morgan fingerprint density at radius 1 is 0.956 bits per heavy atom. The van der Waals surface area contributed by atoms with Crippen LogP contribution in [0.5, 0.6) is 0 Å². The molecule has 45 heavy (non-hydrogen) atoms. The van der Waals surface area contributed by atoms with E-state index < -0.39 is 46.6 Å². The number of fused-ring (bicyclic) bond motifs is 1. The Morgan fingerprint density at radius 3 is 2.38 bits per heavy atom. The first kappa shape index (κ1) is 30.5. The highest BCUT2D eigenvalue weighted by Gasteiger charge is 2.49. The second-order valence-electron chi connectivity index (χ2n) is 11.3. The average Bonchev–Trinajstić information content (AvgIpc) is 3.85. The summed E-state index contributed by atoms with van der Waals surface area (Å²) in [5.74, 6) is -0.378. The predicted octanol–water partition coefficient (Wildman–Crippen LogP) is 5.96. The number of H-pyrrole nitrogens is 1. The lowest BCUT2D eigenvalue weighted by molar-refractivity contribution is -0.142. The van der Waals surface area contributed by atoms with Crippen molar-refractivity contribution in [3.05, 3.63) is 117 Å². The molecule has 234 valence electrons. The molecule has 0 bridgehead atoms. The Kier molecular flexibility index (Phi) is 7.54. The maximum absolute atomic E-state index is 13.4. The maximum atomic E-state index is 13.4. The molecule has 2 aliphatic rings. The second-order valence-corrected chi connectivity index (χ2v) is 11.3. The third-order valence-electron chi connectivity index (χ3n) is 8.37. The second kappa shape index (κ2) is 11.1. The largest absolute Gasteiger partial charge is 0.433 e. The smallest absolute Gasteiger partial charge is 0.378 e. The minimum atomic E-state index is -4.64. The predicted molar refractivity (Wildman–Crippen MR) is 150 cm³/mol. The van der Waals surface area contributed by atoms with E-state index in [-0.39, 0.29) is 24.2 Å². The van der Waals surface area contributed by atoms with Crippen molar-refractivity contribution in [2.45, 2.75) is 56.1 Å². The highest BCUT2D eigenvalue weighted by Crippen LogP contribution is 2.52. The van der Waals surface area contributed by atoms with Crippen molar-refractivity contribution >= 4 is 5.91 Å². The molecule has 1 atom stereocenters. The SMILES string of the molecule is O=C([C@H](O)c1cccc(C(F)(F)F)c1)N1CCCc2nc(C3(c4cccc(-c5ccc(C(F)(F)F)nc5)c4)CC3)[nH]c(=O)c2C1. The first-order valence-electron chi connectivity index (χ1n) is 14.2. The number of pyridine rings is 1. The van der Waals surface area contributed by atoms with Gasteiger partial charge in [-0.1, -0.05) is 42.5 Å². The van der Waals surface area contributed by atoms with Crippen LogP contribution in [0.4, 0.5) is 26.3 Å². The first-order valence-corrected chi connectivity index (χ1v) is 14.2. The topological polar surface area (TPSA) is 99.2 Å². The molecule has 0 radical (unpaired) electrons. The zero-order valence-corrected chi connectivity index (χ0v) is 23.5. The lowest BCUT2D eigenvalue weighted by Crippen LogP contribution is -2.36. The average molecular weight is 629 g/mol. The fourth-order valence-corrected chi connectivity index (χ4v) is 5.75. The van der Waals surface area contributed by atoms with E-state index in [2.05, 4.69) is 9.97 Å². The summed E-state index contributed by atoms with van der Waals surface area (Å²) >= 11 is 0. The number of aromatic nitrogens is 3. The van der Waals surface area contributed by atoms with E-state index in [0.717, 1.165) is 29.8 Å². The van der Waals surface area contributed by atoms with Gasteiger partial charge in [-0.05, 0) is 60.6 Å². The van der Waals surface area contributed by atoms with Gasteiger partial charge < -0.3 is 15.0 Å². The molecule has 1 fully saturated rings. The summed E-state index contributed by atoms with van der Waals surface area (Å²) in [6.45, 7) is -0.00938. The zero-order chi connectivity index (χ0) is 32.1. The Balaban J connectivity index is 1.25. The number of carbonyl (C=O) groups is 1. The molecule has 1 aliphatic heterocycles. The number of hydrogen-bond acceptors (Lipinski definition) is 5. The number of aromatic amines is 1. The summed E-state index contributed by atoms with van der Waals surface area (Å²) in [7, 11) is 0. The number of alkyl halides is 6. The van der Waals surface area contributed by atoms with E-state index in [1.54, 1.807) is 12.1 Å². The highest BCUT2D eigenvalue weighted by molar-refractivity contribution is 5.82. The van der Waals surface area contributed by atoms with Gasteiger partial charge in [-0.15, -0.1) is 0 Å². The Bertz CT molecular complexity index is 1810. The Labute approximate surface area is 252 Å². The van der Waals surface area contributed by atoms with Crippen molar-refractivity contribution in [1.29, 1.82) is 0 Å². The molecule has 1 aliphatic carbocycles. The molecule has 1 amide bonds. The quantitative estimate of drug-likeness (QED) is 0.266. The number of carbonyl (C=O) groups excluding carboxylic acids is 1. The van der Waals surface area contributed by atoms with Crippen LogP contribution in [0.1, 0.15) is 64.8 Å². The third kappa shape index (κ3) is 5.96. The van der Waals surface area contributed by atoms with E-state index in [1.165, 1.54) is 23.2 Å². The summed E-state index contributed by atoms with van der Waals surface area (Å²) in [6, 6.07) is 13.5. The standard InChI is InChI=1S/C32H26F6N4O3/c33-31(34,35)22-7-2-5-19(15-22)26(43)28(45)42-13-3-8-24-23(17-42)27(44)41-29(40-24)30(11-12-30)21-6-1-4-18(14-21)20-9-10-25(39-16-20)32(36,37)38/h1-2,4-7,9-10,14-16,26,43H,3,8,11-13,17H2,(H,40,41,44)/t26-/m1/s1. The summed E-state index contributed by atoms with van der Waals surface area (Å²) in [5, 5.41) is 10.7. The first-order chi connectivity index (χ1) is 21.3. The summed E-state index contributed by atoms with van der Waals surface area (Å²) < 4.78 is 78.4. The number of hydrogen-bond donors (Lipinski definition) is 2. The molecule has 3 heterocycles. The Morgan fingerprint density at radius 2 is 1.71 bits per heavy atom. The highest BCUT2D eigenvalue weighted by atomic mass is 19.4. The molecule has 2 aromatic heterocycles. The number of amides is 1. The van der Waals surface area contributed by atoms with Gasteiger partial charge in [0.15, 0.2) is 6.10 Å². The number of rotatable bonds is 5. The number of benzene rings is 2. The van der Waals surface area contributed by atoms with Gasteiger partial charge in [-0.25, -0.2) is 4.98 Å². The minimum Gasteiger partial charge on any atom is -0.378 e. The zero-order valence-electron chi connectivity index (χ0n) is 23.5. The van der Waals surface area contributed by atoms with Gasteiger partial charge in [0.2, 0.25) is 0 Å². The molecule has 6 rings (SSSR count). The van der Waals surface area contributed by atoms with Crippen LogP contribution in [0.25, 0.3) is 11.1 Å². The van der Waals surface area contributed by atoms with Gasteiger partial charge in [0.05, 0.1) is 28.8 Å². The van der Waals surface area contributed by atoms with Crippen molar-refractivity contribution < 1.29 is 36.2 Å². The van der Waals surface area contributed by atoms with Crippen molar-refractivity contribution in [2.24, 2.45) is 0 Å². The number of aliphatic hydroxyl groups excluding tert-OH is 1. The van der Waals surface area contributed by atoms with Crippen LogP contribution in [-0.2, 0) is 35.5 Å². The van der Waals surface area contributed by atoms with Crippen LogP contribution >= 0.6 is 0 Å². The van der Waals surface area contributed by atoms with E-state index in [9.17, 15) is 41.0 Å². The van der Waals surface area contributed by atoms with Crippen molar-refractivity contribution in [2.75, 3.05) is 6.54 Å². The van der Waals surface area contributed by atoms with E-state index >= 15 is 0 Å². The number of nitrogens with one attached hydrogen (secondary N) is 1. The molecule has 0 saturated heterocycles. The van der Waals surface area contributed by atoms with Crippen LogP contribution in [0.2, 0.25) is 0 Å². The summed E-state index contributed by atoms with van der Waals surface area (Å²) in [5.41, 5.74) is -0.526. The van der Waals surface area contributed by atoms with Crippen LogP contribution in [0, 0.1) is 0 Å². The van der Waals surface area contributed by atoms with Crippen molar-refractivity contribution in [3.63, 3.8) is 0 Å². The van der Waals surface area contributed by atoms with Gasteiger partial charge in [0.25, 0.3) is 11.5 Å². The van der Waals surface area contributed by atoms with Gasteiger partial charge >= 0.3 is 12.4 Å². The lowest BCUT2D eigenvalue weighted by atomic mass is 9.91. The van der Waals surface area contributed by atoms with Crippen LogP contribution in [-0.4, -0.2) is 37.4 Å². The van der Waals surface area contributed by atoms with Gasteiger partial charge in [-0.2, -0.15) is 26.3 Å². The van der Waals surface area contributed by atoms with E-state index in [0.29, 0.717) is 48.3 Å². The molecule has 0 spiro atoms. The molecular weight excluding hydrogens is 602 g/mol. The number of aliphatic hydroxyl groups is 1. The summed E-state index contributed by atoms with van der Waals surface area (Å²) in [6.07, 6.45) is -7.74. The maximum Gasteiger partial charge on any atom is 0.433 e. The minimum absolute atomic E-state index is 0.161. The monoisotopic (exact) mass is 628 g/mol. The number of halogens is 6. The lowest BCUT2D eigenvalue weighted by Gasteiger charge is -2.24. The molecule has 1 saturated carbocycles. The van der Waals surface area contributed by atoms with E-state index in [1.807, 2.05) is 12.1 Å². The van der Waals surface area contributed by atoms with Crippen LogP contribution in [0.15, 0.2) is 71.7 Å². The fraction of sp³-hybridized carbons (Fsp3) is 0.312. The van der Waals surface area contributed by atoms with Gasteiger partial charge in [0, 0.05) is 18.3 Å².